The third-order valence-electron chi connectivity index (χ3n) is 5.53. The van der Waals surface area contributed by atoms with Crippen LogP contribution in [0.1, 0.15) is 45.4 Å². The summed E-state index contributed by atoms with van der Waals surface area (Å²) in [7, 11) is 0. The number of alkyl halides is 2. The van der Waals surface area contributed by atoms with Crippen molar-refractivity contribution in [1.82, 2.24) is 9.80 Å². The number of halogens is 2. The van der Waals surface area contributed by atoms with Crippen LogP contribution < -0.4 is 0 Å². The van der Waals surface area contributed by atoms with Crippen LogP contribution in [0.15, 0.2) is 0 Å². The molecule has 2 heterocycles. The first-order chi connectivity index (χ1) is 10.3. The molecule has 124 valence electrons. The van der Waals surface area contributed by atoms with Crippen LogP contribution in [0.5, 0.6) is 0 Å². The lowest BCUT2D eigenvalue weighted by Crippen LogP contribution is -2.46. The molecule has 2 amide bonds. The molecule has 0 radical (unpaired) electrons. The van der Waals surface area contributed by atoms with E-state index >= 15 is 0 Å². The first-order valence-electron chi connectivity index (χ1n) is 8.28. The Bertz CT molecular complexity index is 475. The lowest BCUT2D eigenvalue weighted by atomic mass is 9.94. The zero-order chi connectivity index (χ0) is 16.0. The highest BCUT2D eigenvalue weighted by atomic mass is 35.5. The number of likely N-dealkylation sites (tertiary alicyclic amines) is 2. The van der Waals surface area contributed by atoms with Crippen LogP contribution in [-0.4, -0.2) is 52.1 Å². The molecule has 4 nitrogen and oxygen atoms in total. The SMILES string of the molecule is CC1(C(=O)N2CCC(CN3CCCCC3=O)CC2)CC1(Cl)Cl. The molecule has 6 heteroatoms. The van der Waals surface area contributed by atoms with Crippen molar-refractivity contribution in [2.75, 3.05) is 26.2 Å². The fourth-order valence-electron chi connectivity index (χ4n) is 3.67. The Kier molecular flexibility index (Phi) is 4.36. The molecule has 0 aromatic rings. The van der Waals surface area contributed by atoms with Crippen LogP contribution in [0.3, 0.4) is 0 Å². The summed E-state index contributed by atoms with van der Waals surface area (Å²) in [6.45, 7) is 5.12. The molecule has 0 N–H and O–H groups in total. The number of amides is 2. The average Bonchev–Trinajstić information content (AvgIpc) is 3.01. The van der Waals surface area contributed by atoms with Gasteiger partial charge in [0.15, 0.2) is 0 Å². The Morgan fingerprint density at radius 2 is 1.86 bits per heavy atom. The highest BCUT2D eigenvalue weighted by Gasteiger charge is 2.68. The van der Waals surface area contributed by atoms with Crippen molar-refractivity contribution in [1.29, 1.82) is 0 Å². The number of hydrogen-bond donors (Lipinski definition) is 0. The highest BCUT2D eigenvalue weighted by molar-refractivity contribution is 6.53. The van der Waals surface area contributed by atoms with Crippen LogP contribution in [0.25, 0.3) is 0 Å². The summed E-state index contributed by atoms with van der Waals surface area (Å²) in [5.74, 6) is 0.893. The molecule has 2 aliphatic heterocycles. The first kappa shape index (κ1) is 16.4. The van der Waals surface area contributed by atoms with Crippen LogP contribution in [0.2, 0.25) is 0 Å². The van der Waals surface area contributed by atoms with E-state index in [1.54, 1.807) is 0 Å². The van der Waals surface area contributed by atoms with E-state index in [2.05, 4.69) is 0 Å². The summed E-state index contributed by atoms with van der Waals surface area (Å²) in [5.41, 5.74) is -0.605. The van der Waals surface area contributed by atoms with Crippen molar-refractivity contribution >= 4 is 35.0 Å². The van der Waals surface area contributed by atoms with Gasteiger partial charge in [0, 0.05) is 32.6 Å². The summed E-state index contributed by atoms with van der Waals surface area (Å²) in [6.07, 6.45) is 5.31. The maximum Gasteiger partial charge on any atom is 0.231 e. The molecule has 3 fully saturated rings. The van der Waals surface area contributed by atoms with Gasteiger partial charge >= 0.3 is 0 Å². The van der Waals surface area contributed by atoms with Gasteiger partial charge in [0.1, 0.15) is 4.33 Å². The zero-order valence-corrected chi connectivity index (χ0v) is 14.6. The van der Waals surface area contributed by atoms with E-state index in [4.69, 9.17) is 23.2 Å². The normalized spacial score (nSPS) is 32.2. The quantitative estimate of drug-likeness (QED) is 0.737. The average molecular weight is 347 g/mol. The van der Waals surface area contributed by atoms with Crippen LogP contribution in [0, 0.1) is 11.3 Å². The van der Waals surface area contributed by atoms with Gasteiger partial charge in [-0.1, -0.05) is 0 Å². The maximum atomic E-state index is 12.5. The maximum absolute atomic E-state index is 12.5. The molecule has 3 rings (SSSR count). The summed E-state index contributed by atoms with van der Waals surface area (Å²) in [5, 5.41) is 0. The zero-order valence-electron chi connectivity index (χ0n) is 13.1. The van der Waals surface area contributed by atoms with E-state index in [1.165, 1.54) is 0 Å². The minimum atomic E-state index is -0.888. The van der Waals surface area contributed by atoms with Crippen molar-refractivity contribution < 1.29 is 9.59 Å². The van der Waals surface area contributed by atoms with Crippen molar-refractivity contribution in [2.24, 2.45) is 11.3 Å². The van der Waals surface area contributed by atoms with Gasteiger partial charge in [-0.15, -0.1) is 23.2 Å². The van der Waals surface area contributed by atoms with E-state index < -0.39 is 9.75 Å². The van der Waals surface area contributed by atoms with Crippen molar-refractivity contribution in [3.05, 3.63) is 0 Å². The standard InChI is InChI=1S/C16H24Cl2N2O2/c1-15(11-16(15,17)18)14(22)19-8-5-12(6-9-19)10-20-7-3-2-4-13(20)21/h12H,2-11H2,1H3. The van der Waals surface area contributed by atoms with Crippen LogP contribution >= 0.6 is 23.2 Å². The predicted molar refractivity (Wildman–Crippen MR) is 86.9 cm³/mol. The molecule has 1 atom stereocenters. The van der Waals surface area contributed by atoms with E-state index in [0.29, 0.717) is 24.7 Å². The largest absolute Gasteiger partial charge is 0.342 e. The molecular formula is C16H24Cl2N2O2. The van der Waals surface area contributed by atoms with E-state index in [1.807, 2.05) is 16.7 Å². The molecule has 0 aromatic heterocycles. The molecule has 1 unspecified atom stereocenters. The lowest BCUT2D eigenvalue weighted by molar-refractivity contribution is -0.139. The number of rotatable bonds is 3. The number of carbonyl (C=O) groups is 2. The van der Waals surface area contributed by atoms with Crippen LogP contribution in [0.4, 0.5) is 0 Å². The highest BCUT2D eigenvalue weighted by Crippen LogP contribution is 2.64. The Hall–Kier alpha value is -0.480. The Labute approximate surface area is 142 Å². The second kappa shape index (κ2) is 5.86. The molecule has 0 aromatic carbocycles. The summed E-state index contributed by atoms with van der Waals surface area (Å²) in [4.78, 5) is 28.3. The van der Waals surface area contributed by atoms with Crippen molar-refractivity contribution in [3.63, 3.8) is 0 Å². The Morgan fingerprint density at radius 1 is 1.23 bits per heavy atom. The van der Waals surface area contributed by atoms with Gasteiger partial charge in [0.2, 0.25) is 11.8 Å². The number of nitrogens with zero attached hydrogens (tertiary/aromatic N) is 2. The molecular weight excluding hydrogens is 323 g/mol. The summed E-state index contributed by atoms with van der Waals surface area (Å²) >= 11 is 12.2. The summed E-state index contributed by atoms with van der Waals surface area (Å²) < 4.78 is -0.888. The fourth-order valence-corrected chi connectivity index (χ4v) is 4.36. The van der Waals surface area contributed by atoms with E-state index in [-0.39, 0.29) is 5.91 Å². The minimum Gasteiger partial charge on any atom is -0.342 e. The molecule has 2 saturated heterocycles. The van der Waals surface area contributed by atoms with Crippen molar-refractivity contribution in [3.8, 4) is 0 Å². The molecule has 0 spiro atoms. The summed E-state index contributed by atoms with van der Waals surface area (Å²) in [6, 6.07) is 0. The third kappa shape index (κ3) is 2.96. The molecule has 1 aliphatic carbocycles. The molecule has 1 saturated carbocycles. The Morgan fingerprint density at radius 3 is 2.41 bits per heavy atom. The van der Waals surface area contributed by atoms with E-state index in [9.17, 15) is 9.59 Å². The van der Waals surface area contributed by atoms with Crippen molar-refractivity contribution in [2.45, 2.75) is 49.8 Å². The van der Waals surface area contributed by atoms with Gasteiger partial charge in [-0.25, -0.2) is 0 Å². The first-order valence-corrected chi connectivity index (χ1v) is 9.04. The lowest BCUT2D eigenvalue weighted by Gasteiger charge is -2.37. The number of hydrogen-bond acceptors (Lipinski definition) is 2. The number of piperidine rings is 2. The minimum absolute atomic E-state index is 0.0880. The van der Waals surface area contributed by atoms with E-state index in [0.717, 1.165) is 51.9 Å². The van der Waals surface area contributed by atoms with Gasteiger partial charge in [0.05, 0.1) is 5.41 Å². The molecule has 22 heavy (non-hydrogen) atoms. The molecule has 3 aliphatic rings. The second-order valence-electron chi connectivity index (χ2n) is 7.25. The van der Waals surface area contributed by atoms with Gasteiger partial charge in [0.25, 0.3) is 0 Å². The smallest absolute Gasteiger partial charge is 0.231 e. The van der Waals surface area contributed by atoms with Gasteiger partial charge in [-0.2, -0.15) is 0 Å². The monoisotopic (exact) mass is 346 g/mol. The number of carbonyl (C=O) groups excluding carboxylic acids is 2. The van der Waals surface area contributed by atoms with Gasteiger partial charge < -0.3 is 9.80 Å². The van der Waals surface area contributed by atoms with Gasteiger partial charge in [-0.05, 0) is 44.9 Å². The topological polar surface area (TPSA) is 40.6 Å². The fraction of sp³-hybridized carbons (Fsp3) is 0.875. The third-order valence-corrected chi connectivity index (χ3v) is 6.63. The second-order valence-corrected chi connectivity index (χ2v) is 8.73. The Balaban J connectivity index is 1.48. The molecule has 0 bridgehead atoms. The van der Waals surface area contributed by atoms with Crippen LogP contribution in [-0.2, 0) is 9.59 Å². The van der Waals surface area contributed by atoms with Gasteiger partial charge in [-0.3, -0.25) is 9.59 Å². The predicted octanol–water partition coefficient (Wildman–Crippen LogP) is 2.82.